The monoisotopic (exact) mass is 220 g/mol. The molecule has 1 fully saturated rings. The predicted molar refractivity (Wildman–Crippen MR) is 58.9 cm³/mol. The number of halogens is 1. The number of hydrogen-bond donors (Lipinski definition) is 0. The molecule has 0 N–H and O–H groups in total. The molecule has 0 spiro atoms. The van der Waals surface area contributed by atoms with Gasteiger partial charge in [-0.1, -0.05) is 0 Å². The molecule has 1 saturated carbocycles. The van der Waals surface area contributed by atoms with Crippen molar-refractivity contribution in [1.29, 1.82) is 0 Å². The fourth-order valence-corrected chi connectivity index (χ4v) is 2.37. The average Bonchev–Trinajstić information content (AvgIpc) is 2.58. The molecule has 3 heteroatoms. The van der Waals surface area contributed by atoms with Crippen molar-refractivity contribution < 1.29 is 9.47 Å². The Hall–Kier alpha value is 0.210. The van der Waals surface area contributed by atoms with Gasteiger partial charge in [0.15, 0.2) is 0 Å². The average molecular weight is 221 g/mol. The van der Waals surface area contributed by atoms with Crippen molar-refractivity contribution in [2.24, 2.45) is 5.92 Å². The molecule has 1 aliphatic carbocycles. The van der Waals surface area contributed by atoms with Crippen LogP contribution in [0.5, 0.6) is 0 Å². The highest BCUT2D eigenvalue weighted by molar-refractivity contribution is 6.20. The number of ether oxygens (including phenoxy) is 2. The van der Waals surface area contributed by atoms with E-state index in [9.17, 15) is 0 Å². The summed E-state index contributed by atoms with van der Waals surface area (Å²) >= 11 is 6.04. The van der Waals surface area contributed by atoms with E-state index in [2.05, 4.69) is 0 Å². The Bertz CT molecular complexity index is 141. The Kier molecular flexibility index (Phi) is 6.57. The van der Waals surface area contributed by atoms with E-state index in [1.165, 1.54) is 25.7 Å². The normalized spacial score (nSPS) is 27.0. The minimum Gasteiger partial charge on any atom is -0.382 e. The van der Waals surface area contributed by atoms with Gasteiger partial charge in [-0.05, 0) is 38.0 Å². The van der Waals surface area contributed by atoms with Gasteiger partial charge in [0.2, 0.25) is 0 Å². The number of alkyl halides is 1. The second-order valence-corrected chi connectivity index (χ2v) is 4.64. The highest BCUT2D eigenvalue weighted by Crippen LogP contribution is 2.32. The van der Waals surface area contributed by atoms with Crippen LogP contribution < -0.4 is 0 Å². The summed E-state index contributed by atoms with van der Waals surface area (Å²) < 4.78 is 10.3. The second-order valence-electron chi connectivity index (χ2n) is 4.02. The molecule has 2 atom stereocenters. The quantitative estimate of drug-likeness (QED) is 0.485. The van der Waals surface area contributed by atoms with E-state index < -0.39 is 0 Å². The summed E-state index contributed by atoms with van der Waals surface area (Å²) in [6.45, 7) is 2.29. The van der Waals surface area contributed by atoms with E-state index >= 15 is 0 Å². The third kappa shape index (κ3) is 5.18. The minimum atomic E-state index is 0.439. The standard InChI is InChI=1S/C11H21ClO2/c1-13-7-8-14-6-2-3-10-4-5-11(12)9-10/h10-11H,2-9H2,1H3. The van der Waals surface area contributed by atoms with Gasteiger partial charge < -0.3 is 9.47 Å². The van der Waals surface area contributed by atoms with Crippen LogP contribution in [0.3, 0.4) is 0 Å². The van der Waals surface area contributed by atoms with Gasteiger partial charge in [0.05, 0.1) is 13.2 Å². The van der Waals surface area contributed by atoms with Gasteiger partial charge in [-0.15, -0.1) is 11.6 Å². The second kappa shape index (κ2) is 7.49. The van der Waals surface area contributed by atoms with Crippen LogP contribution in [-0.2, 0) is 9.47 Å². The van der Waals surface area contributed by atoms with Crippen LogP contribution in [0.2, 0.25) is 0 Å². The van der Waals surface area contributed by atoms with Crippen LogP contribution in [0.15, 0.2) is 0 Å². The molecule has 1 aliphatic rings. The molecule has 1 rings (SSSR count). The smallest absolute Gasteiger partial charge is 0.0700 e. The van der Waals surface area contributed by atoms with Gasteiger partial charge in [0.25, 0.3) is 0 Å². The highest BCUT2D eigenvalue weighted by atomic mass is 35.5. The Morgan fingerprint density at radius 1 is 1.21 bits per heavy atom. The van der Waals surface area contributed by atoms with Crippen LogP contribution in [0.4, 0.5) is 0 Å². The summed E-state index contributed by atoms with van der Waals surface area (Å²) in [6, 6.07) is 0. The van der Waals surface area contributed by atoms with Crippen LogP contribution >= 0.6 is 11.6 Å². The van der Waals surface area contributed by atoms with Crippen molar-refractivity contribution in [3.05, 3.63) is 0 Å². The zero-order valence-corrected chi connectivity index (χ0v) is 9.76. The Morgan fingerprint density at radius 3 is 2.71 bits per heavy atom. The van der Waals surface area contributed by atoms with E-state index in [-0.39, 0.29) is 0 Å². The molecule has 0 saturated heterocycles. The van der Waals surface area contributed by atoms with Gasteiger partial charge >= 0.3 is 0 Å². The van der Waals surface area contributed by atoms with Crippen LogP contribution in [0.1, 0.15) is 32.1 Å². The molecule has 2 nitrogen and oxygen atoms in total. The summed E-state index contributed by atoms with van der Waals surface area (Å²) in [4.78, 5) is 0. The molecular formula is C11H21ClO2. The molecule has 0 amide bonds. The molecule has 14 heavy (non-hydrogen) atoms. The van der Waals surface area contributed by atoms with E-state index in [1.807, 2.05) is 0 Å². The number of hydrogen-bond acceptors (Lipinski definition) is 2. The van der Waals surface area contributed by atoms with Crippen molar-refractivity contribution in [1.82, 2.24) is 0 Å². The van der Waals surface area contributed by atoms with Gasteiger partial charge in [-0.25, -0.2) is 0 Å². The first-order valence-electron chi connectivity index (χ1n) is 5.53. The van der Waals surface area contributed by atoms with Gasteiger partial charge in [-0.2, -0.15) is 0 Å². The SMILES string of the molecule is COCCOCCCC1CCC(Cl)C1. The van der Waals surface area contributed by atoms with E-state index in [0.29, 0.717) is 12.0 Å². The first-order valence-corrected chi connectivity index (χ1v) is 5.97. The molecule has 0 bridgehead atoms. The largest absolute Gasteiger partial charge is 0.382 e. The van der Waals surface area contributed by atoms with Gasteiger partial charge in [0, 0.05) is 19.1 Å². The minimum absolute atomic E-state index is 0.439. The Balaban J connectivity index is 1.84. The topological polar surface area (TPSA) is 18.5 Å². The fraction of sp³-hybridized carbons (Fsp3) is 1.00. The molecular weight excluding hydrogens is 200 g/mol. The van der Waals surface area contributed by atoms with Crippen molar-refractivity contribution in [3.8, 4) is 0 Å². The Morgan fingerprint density at radius 2 is 2.07 bits per heavy atom. The summed E-state index contributed by atoms with van der Waals surface area (Å²) in [5.74, 6) is 0.850. The lowest BCUT2D eigenvalue weighted by molar-refractivity contribution is 0.0673. The van der Waals surface area contributed by atoms with Crippen molar-refractivity contribution in [2.75, 3.05) is 26.9 Å². The summed E-state index contributed by atoms with van der Waals surface area (Å²) in [6.07, 6.45) is 6.16. The van der Waals surface area contributed by atoms with Crippen LogP contribution in [0, 0.1) is 5.92 Å². The Labute approximate surface area is 91.9 Å². The maximum absolute atomic E-state index is 6.04. The molecule has 0 aromatic heterocycles. The first kappa shape index (κ1) is 12.3. The summed E-state index contributed by atoms with van der Waals surface area (Å²) in [7, 11) is 1.70. The third-order valence-electron chi connectivity index (χ3n) is 2.81. The first-order chi connectivity index (χ1) is 6.83. The maximum atomic E-state index is 6.04. The number of rotatable bonds is 7. The molecule has 0 radical (unpaired) electrons. The van der Waals surface area contributed by atoms with Crippen molar-refractivity contribution >= 4 is 11.6 Å². The van der Waals surface area contributed by atoms with Crippen LogP contribution in [-0.4, -0.2) is 32.3 Å². The molecule has 0 aromatic carbocycles. The lowest BCUT2D eigenvalue weighted by Gasteiger charge is -2.08. The van der Waals surface area contributed by atoms with E-state index in [0.717, 1.165) is 25.6 Å². The summed E-state index contributed by atoms with van der Waals surface area (Å²) in [5.41, 5.74) is 0. The van der Waals surface area contributed by atoms with Crippen molar-refractivity contribution in [2.45, 2.75) is 37.5 Å². The van der Waals surface area contributed by atoms with Gasteiger partial charge in [0.1, 0.15) is 0 Å². The molecule has 0 heterocycles. The lowest BCUT2D eigenvalue weighted by atomic mass is 10.0. The number of methoxy groups -OCH3 is 1. The lowest BCUT2D eigenvalue weighted by Crippen LogP contribution is -2.04. The molecule has 84 valence electrons. The van der Waals surface area contributed by atoms with E-state index in [4.69, 9.17) is 21.1 Å². The third-order valence-corrected chi connectivity index (χ3v) is 3.21. The molecule has 0 aliphatic heterocycles. The van der Waals surface area contributed by atoms with E-state index in [1.54, 1.807) is 7.11 Å². The highest BCUT2D eigenvalue weighted by Gasteiger charge is 2.21. The summed E-state index contributed by atoms with van der Waals surface area (Å²) in [5, 5.41) is 0.439. The van der Waals surface area contributed by atoms with Crippen molar-refractivity contribution in [3.63, 3.8) is 0 Å². The van der Waals surface area contributed by atoms with Gasteiger partial charge in [-0.3, -0.25) is 0 Å². The zero-order valence-electron chi connectivity index (χ0n) is 9.01. The van der Waals surface area contributed by atoms with Crippen LogP contribution in [0.25, 0.3) is 0 Å². The molecule has 0 aromatic rings. The molecule has 2 unspecified atom stereocenters. The zero-order chi connectivity index (χ0) is 10.2. The predicted octanol–water partition coefficient (Wildman–Crippen LogP) is 2.84. The fourth-order valence-electron chi connectivity index (χ4n) is 1.99. The maximum Gasteiger partial charge on any atom is 0.0700 e.